The maximum absolute atomic E-state index is 14.2. The molecule has 2 aliphatic heterocycles. The lowest BCUT2D eigenvalue weighted by Crippen LogP contribution is -2.61. The summed E-state index contributed by atoms with van der Waals surface area (Å²) in [7, 11) is 0. The third-order valence-electron chi connectivity index (χ3n) is 8.53. The summed E-state index contributed by atoms with van der Waals surface area (Å²) in [5.74, 6) is -3.62. The van der Waals surface area contributed by atoms with Crippen LogP contribution in [0.5, 0.6) is 0 Å². The molecule has 3 atom stereocenters. The van der Waals surface area contributed by atoms with E-state index in [1.54, 1.807) is 26.8 Å². The Morgan fingerprint density at radius 1 is 1.00 bits per heavy atom. The molecule has 3 rings (SSSR count). The van der Waals surface area contributed by atoms with E-state index in [0.717, 1.165) is 5.57 Å². The molecule has 1 saturated heterocycles. The predicted octanol–water partition coefficient (Wildman–Crippen LogP) is 2.21. The van der Waals surface area contributed by atoms with Crippen LogP contribution in [0.2, 0.25) is 0 Å². The molecule has 0 bridgehead atoms. The Bertz CT molecular complexity index is 1550. The molecule has 13 heteroatoms. The topological polar surface area (TPSA) is 174 Å². The number of likely N-dealkylation sites (tertiary alicyclic amines) is 1. The van der Waals surface area contributed by atoms with Gasteiger partial charge in [-0.15, -0.1) is 12.3 Å². The second-order valence-electron chi connectivity index (χ2n) is 14.9. The first-order chi connectivity index (χ1) is 22.8. The van der Waals surface area contributed by atoms with Crippen molar-refractivity contribution in [3.63, 3.8) is 0 Å². The lowest BCUT2D eigenvalue weighted by molar-refractivity contribution is -0.142. The predicted molar refractivity (Wildman–Crippen MR) is 184 cm³/mol. The van der Waals surface area contributed by atoms with E-state index < -0.39 is 70.9 Å². The molecule has 0 aromatic carbocycles. The Hall–Kier alpha value is -4.77. The molecule has 1 aliphatic carbocycles. The van der Waals surface area contributed by atoms with Crippen LogP contribution >= 0.6 is 0 Å². The Balaban J connectivity index is 1.80. The monoisotopic (exact) mass is 678 g/mol. The number of amides is 7. The molecular formula is C36H50N6O7. The highest BCUT2D eigenvalue weighted by Crippen LogP contribution is 2.32. The highest BCUT2D eigenvalue weighted by molar-refractivity contribution is 6.37. The van der Waals surface area contributed by atoms with E-state index in [-0.39, 0.29) is 32.0 Å². The number of ketones is 1. The molecule has 49 heavy (non-hydrogen) atoms. The minimum absolute atomic E-state index is 0.0564. The molecule has 4 N–H and O–H groups in total. The van der Waals surface area contributed by atoms with Gasteiger partial charge in [0, 0.05) is 24.1 Å². The lowest BCUT2D eigenvalue weighted by Gasteiger charge is -2.37. The van der Waals surface area contributed by atoms with Crippen molar-refractivity contribution in [3.8, 4) is 0 Å². The first kappa shape index (κ1) is 38.7. The van der Waals surface area contributed by atoms with Gasteiger partial charge in [0.05, 0.1) is 25.7 Å². The number of nitrogens with one attached hydrogen (secondary N) is 4. The van der Waals surface area contributed by atoms with E-state index >= 15 is 0 Å². The fourth-order valence-electron chi connectivity index (χ4n) is 5.78. The zero-order valence-corrected chi connectivity index (χ0v) is 29.9. The molecule has 1 fully saturated rings. The number of allylic oxidation sites excluding steroid dienone is 1. The smallest absolute Gasteiger partial charge is 0.315 e. The number of nitrogens with zero attached hydrogens (tertiary/aromatic N) is 2. The van der Waals surface area contributed by atoms with Gasteiger partial charge in [0.2, 0.25) is 17.6 Å². The number of hydrogen-bond acceptors (Lipinski definition) is 7. The standard InChI is InChI=1S/C36H50N6O7/c1-10-15-37-30(45)26(43)18-38-29(44)25-17-22(16-21(2)3)19-41(25)33(48)28(36(7,8)9)40-34(49)39-27(35(4,5)6)20-42-31(46)23-13-11-12-14-24(23)32(42)47/h10-11,13,25,27-28H,1,12,14-15,17-20H2,2-9H3,(H,37,45)(H,38,44)(H2,39,40,49)/t25-,27?,28+/m0/s1. The summed E-state index contributed by atoms with van der Waals surface area (Å²) in [5, 5.41) is 10.5. The highest BCUT2D eigenvalue weighted by Gasteiger charge is 2.45. The molecule has 0 radical (unpaired) electrons. The van der Waals surface area contributed by atoms with Gasteiger partial charge in [-0.1, -0.05) is 59.8 Å². The minimum atomic E-state index is -1.10. The summed E-state index contributed by atoms with van der Waals surface area (Å²) in [4.78, 5) is 94.2. The average Bonchev–Trinajstić information content (AvgIpc) is 3.53. The van der Waals surface area contributed by atoms with Crippen LogP contribution in [0.3, 0.4) is 0 Å². The van der Waals surface area contributed by atoms with E-state index in [1.807, 2.05) is 40.7 Å². The van der Waals surface area contributed by atoms with Crippen LogP contribution in [0.4, 0.5) is 4.79 Å². The molecule has 2 heterocycles. The third kappa shape index (κ3) is 9.66. The van der Waals surface area contributed by atoms with Crippen molar-refractivity contribution in [2.75, 3.05) is 26.2 Å². The van der Waals surface area contributed by atoms with Gasteiger partial charge in [-0.25, -0.2) is 4.79 Å². The van der Waals surface area contributed by atoms with E-state index in [9.17, 15) is 33.6 Å². The van der Waals surface area contributed by atoms with Crippen molar-refractivity contribution in [2.45, 2.75) is 92.8 Å². The first-order valence-corrected chi connectivity index (χ1v) is 16.5. The summed E-state index contributed by atoms with van der Waals surface area (Å²) in [6, 6.07) is -3.47. The number of urea groups is 1. The number of rotatable bonds is 11. The maximum Gasteiger partial charge on any atom is 0.315 e. The summed E-state index contributed by atoms with van der Waals surface area (Å²) in [6.45, 7) is 17.7. The van der Waals surface area contributed by atoms with Crippen LogP contribution < -0.4 is 21.3 Å². The van der Waals surface area contributed by atoms with Crippen LogP contribution in [0.1, 0.15) is 74.7 Å². The molecule has 266 valence electrons. The summed E-state index contributed by atoms with van der Waals surface area (Å²) in [6.07, 6.45) is 6.27. The lowest BCUT2D eigenvalue weighted by atomic mass is 9.85. The van der Waals surface area contributed by atoms with Crippen LogP contribution in [0, 0.1) is 10.8 Å². The van der Waals surface area contributed by atoms with Crippen molar-refractivity contribution < 1.29 is 33.6 Å². The highest BCUT2D eigenvalue weighted by atomic mass is 16.2. The van der Waals surface area contributed by atoms with Crippen LogP contribution in [-0.2, 0) is 28.8 Å². The largest absolute Gasteiger partial charge is 0.347 e. The van der Waals surface area contributed by atoms with Crippen molar-refractivity contribution in [2.24, 2.45) is 10.8 Å². The van der Waals surface area contributed by atoms with Crippen LogP contribution in [0.25, 0.3) is 0 Å². The van der Waals surface area contributed by atoms with Crippen molar-refractivity contribution >= 4 is 41.4 Å². The molecule has 7 amide bonds. The Labute approximate surface area is 288 Å². The summed E-state index contributed by atoms with van der Waals surface area (Å²) < 4.78 is 0. The molecular weight excluding hydrogens is 628 g/mol. The number of carbonyl (C=O) groups excluding carboxylic acids is 7. The fourth-order valence-corrected chi connectivity index (χ4v) is 5.78. The van der Waals surface area contributed by atoms with Crippen LogP contribution in [-0.4, -0.2) is 95.5 Å². The van der Waals surface area contributed by atoms with Gasteiger partial charge >= 0.3 is 6.03 Å². The quantitative estimate of drug-likeness (QED) is 0.112. The summed E-state index contributed by atoms with van der Waals surface area (Å²) in [5.41, 5.74) is 4.20. The number of carbonyl (C=O) groups is 7. The second kappa shape index (κ2) is 15.6. The van der Waals surface area contributed by atoms with Gasteiger partial charge in [0.25, 0.3) is 17.7 Å². The van der Waals surface area contributed by atoms with E-state index in [2.05, 4.69) is 33.6 Å². The van der Waals surface area contributed by atoms with Gasteiger partial charge in [0.15, 0.2) is 0 Å². The van der Waals surface area contributed by atoms with Gasteiger partial charge < -0.3 is 26.2 Å². The number of hydrogen-bond donors (Lipinski definition) is 4. The van der Waals surface area contributed by atoms with Gasteiger partial charge in [-0.3, -0.25) is 33.7 Å². The summed E-state index contributed by atoms with van der Waals surface area (Å²) >= 11 is 0. The Kier molecular flexibility index (Phi) is 12.3. The van der Waals surface area contributed by atoms with Crippen molar-refractivity contribution in [3.05, 3.63) is 52.8 Å². The number of imide groups is 1. The second-order valence-corrected chi connectivity index (χ2v) is 14.9. The molecule has 0 aromatic rings. The maximum atomic E-state index is 14.2. The molecule has 3 aliphatic rings. The van der Waals surface area contributed by atoms with Crippen molar-refractivity contribution in [1.29, 1.82) is 0 Å². The average molecular weight is 679 g/mol. The van der Waals surface area contributed by atoms with Crippen LogP contribution in [0.15, 0.2) is 52.8 Å². The van der Waals surface area contributed by atoms with E-state index in [1.165, 1.54) is 15.9 Å². The SMILES string of the molecule is C=CCNC(=O)C(=O)CNC(=O)[C@@H]1CC(=C=C(C)C)CN1C(=O)[C@@H](NC(=O)NC(CN1C(=O)C2=C(CCC=C2)C1=O)C(C)(C)C)C(C)(C)C. The molecule has 0 aromatic heterocycles. The Morgan fingerprint density at radius 3 is 2.24 bits per heavy atom. The van der Waals surface area contributed by atoms with E-state index in [0.29, 0.717) is 29.6 Å². The van der Waals surface area contributed by atoms with Crippen molar-refractivity contribution in [1.82, 2.24) is 31.1 Å². The molecule has 0 spiro atoms. The fraction of sp³-hybridized carbons (Fsp3) is 0.556. The van der Waals surface area contributed by atoms with Gasteiger partial charge in [-0.05, 0) is 48.7 Å². The van der Waals surface area contributed by atoms with Gasteiger partial charge in [-0.2, -0.15) is 0 Å². The Morgan fingerprint density at radius 2 is 1.67 bits per heavy atom. The normalized spacial score (nSPS) is 18.8. The van der Waals surface area contributed by atoms with Gasteiger partial charge in [0.1, 0.15) is 12.1 Å². The first-order valence-electron chi connectivity index (χ1n) is 16.5. The number of Topliss-reactive ketones (excluding diaryl/α,β-unsaturated/α-hetero) is 1. The zero-order chi connectivity index (χ0) is 36.8. The third-order valence-corrected chi connectivity index (χ3v) is 8.53. The molecule has 1 unspecified atom stereocenters. The molecule has 13 nitrogen and oxygen atoms in total. The minimum Gasteiger partial charge on any atom is -0.347 e. The molecule has 0 saturated carbocycles. The van der Waals surface area contributed by atoms with E-state index in [4.69, 9.17) is 0 Å². The zero-order valence-electron chi connectivity index (χ0n) is 29.9.